The second-order valence-electron chi connectivity index (χ2n) is 7.21. The van der Waals surface area contributed by atoms with E-state index in [2.05, 4.69) is 19.7 Å². The van der Waals surface area contributed by atoms with Crippen LogP contribution in [0.1, 0.15) is 46.5 Å². The highest BCUT2D eigenvalue weighted by atomic mass is 32.2. The Bertz CT molecular complexity index is 861. The van der Waals surface area contributed by atoms with Crippen molar-refractivity contribution in [3.8, 4) is 12.1 Å². The van der Waals surface area contributed by atoms with Gasteiger partial charge in [-0.15, -0.1) is 0 Å². The molecule has 11 nitrogen and oxygen atoms in total. The van der Waals surface area contributed by atoms with Crippen molar-refractivity contribution >= 4 is 22.1 Å². The summed E-state index contributed by atoms with van der Waals surface area (Å²) in [5.74, 6) is -5.74. The van der Waals surface area contributed by atoms with Gasteiger partial charge in [0.25, 0.3) is 16.0 Å². The standard InChI is InChI=1S/C17H24F2N4O7S/c1-15(10-20,6-4-13(24)29-8-9-31(26,27)28)22-23-16(2,11-21)7-5-14(25)30-12-17(3,18)19/h4-9,12H2,1-3H3,(H,26,27,28). The molecule has 0 fully saturated rings. The van der Waals surface area contributed by atoms with Gasteiger partial charge in [-0.1, -0.05) is 0 Å². The van der Waals surface area contributed by atoms with Gasteiger partial charge in [-0.2, -0.15) is 29.2 Å². The van der Waals surface area contributed by atoms with Crippen LogP contribution in [0.15, 0.2) is 10.2 Å². The van der Waals surface area contributed by atoms with Crippen LogP contribution in [0, 0.1) is 22.7 Å². The lowest BCUT2D eigenvalue weighted by atomic mass is 9.97. The van der Waals surface area contributed by atoms with Gasteiger partial charge in [0.05, 0.1) is 12.1 Å². The van der Waals surface area contributed by atoms with Gasteiger partial charge in [0, 0.05) is 19.8 Å². The molecule has 31 heavy (non-hydrogen) atoms. The van der Waals surface area contributed by atoms with Crippen LogP contribution in [0.4, 0.5) is 8.78 Å². The summed E-state index contributed by atoms with van der Waals surface area (Å²) in [4.78, 5) is 23.2. The Balaban J connectivity index is 4.82. The van der Waals surface area contributed by atoms with Crippen LogP contribution in [0.3, 0.4) is 0 Å². The summed E-state index contributed by atoms with van der Waals surface area (Å²) in [6.07, 6.45) is -1.09. The number of alkyl halides is 2. The zero-order valence-electron chi connectivity index (χ0n) is 17.3. The molecule has 0 saturated carbocycles. The third-order valence-corrected chi connectivity index (χ3v) is 4.38. The maximum absolute atomic E-state index is 12.7. The first-order chi connectivity index (χ1) is 14.0. The first kappa shape index (κ1) is 28.3. The molecule has 0 amide bonds. The monoisotopic (exact) mass is 466 g/mol. The molecule has 2 unspecified atom stereocenters. The van der Waals surface area contributed by atoms with Crippen molar-refractivity contribution in [2.24, 2.45) is 10.2 Å². The van der Waals surface area contributed by atoms with Crippen molar-refractivity contribution in [1.29, 1.82) is 10.5 Å². The predicted molar refractivity (Wildman–Crippen MR) is 100 cm³/mol. The largest absolute Gasteiger partial charge is 0.464 e. The van der Waals surface area contributed by atoms with Crippen LogP contribution in [0.2, 0.25) is 0 Å². The van der Waals surface area contributed by atoms with E-state index in [-0.39, 0.29) is 25.7 Å². The number of azo groups is 1. The second kappa shape index (κ2) is 11.6. The zero-order valence-corrected chi connectivity index (χ0v) is 18.1. The van der Waals surface area contributed by atoms with Crippen LogP contribution < -0.4 is 0 Å². The molecule has 0 aromatic carbocycles. The van der Waals surface area contributed by atoms with Gasteiger partial charge in [-0.3, -0.25) is 14.1 Å². The van der Waals surface area contributed by atoms with Gasteiger partial charge < -0.3 is 9.47 Å². The number of rotatable bonds is 13. The molecule has 0 aromatic heterocycles. The summed E-state index contributed by atoms with van der Waals surface area (Å²) in [6, 6.07) is 3.64. The van der Waals surface area contributed by atoms with Gasteiger partial charge in [0.15, 0.2) is 17.7 Å². The van der Waals surface area contributed by atoms with Gasteiger partial charge in [-0.05, 0) is 26.7 Å². The minimum Gasteiger partial charge on any atom is -0.464 e. The van der Waals surface area contributed by atoms with E-state index < -0.39 is 58.0 Å². The summed E-state index contributed by atoms with van der Waals surface area (Å²) < 4.78 is 64.1. The number of carbonyl (C=O) groups excluding carboxylic acids is 2. The van der Waals surface area contributed by atoms with Crippen LogP contribution in [0.25, 0.3) is 0 Å². The Morgan fingerprint density at radius 2 is 1.39 bits per heavy atom. The molecular formula is C17H24F2N4O7S. The lowest BCUT2D eigenvalue weighted by Gasteiger charge is -2.19. The lowest BCUT2D eigenvalue weighted by molar-refractivity contribution is -0.153. The molecule has 0 aliphatic heterocycles. The molecule has 2 atom stereocenters. The second-order valence-corrected chi connectivity index (χ2v) is 8.78. The third kappa shape index (κ3) is 14.0. The molecule has 174 valence electrons. The van der Waals surface area contributed by atoms with Crippen LogP contribution in [-0.4, -0.2) is 60.9 Å². The highest BCUT2D eigenvalue weighted by Gasteiger charge is 2.30. The molecule has 14 heteroatoms. The molecule has 0 radical (unpaired) electrons. The van der Waals surface area contributed by atoms with Crippen molar-refractivity contribution < 1.29 is 40.8 Å². The summed E-state index contributed by atoms with van der Waals surface area (Å²) in [5, 5.41) is 26.2. The number of hydrogen-bond donors (Lipinski definition) is 1. The van der Waals surface area contributed by atoms with E-state index in [1.807, 2.05) is 12.1 Å². The van der Waals surface area contributed by atoms with E-state index >= 15 is 0 Å². The predicted octanol–water partition coefficient (Wildman–Crippen LogP) is 2.19. The number of nitriles is 2. The summed E-state index contributed by atoms with van der Waals surface area (Å²) >= 11 is 0. The first-order valence-electron chi connectivity index (χ1n) is 8.94. The number of ether oxygens (including phenoxy) is 2. The fourth-order valence-electron chi connectivity index (χ4n) is 1.78. The fraction of sp³-hybridized carbons (Fsp3) is 0.765. The van der Waals surface area contributed by atoms with Crippen LogP contribution in [0.5, 0.6) is 0 Å². The van der Waals surface area contributed by atoms with Crippen molar-refractivity contribution in [3.63, 3.8) is 0 Å². The summed E-state index contributed by atoms with van der Waals surface area (Å²) in [7, 11) is -4.28. The van der Waals surface area contributed by atoms with Gasteiger partial charge >= 0.3 is 11.9 Å². The van der Waals surface area contributed by atoms with Crippen molar-refractivity contribution in [3.05, 3.63) is 0 Å². The van der Waals surface area contributed by atoms with E-state index in [0.29, 0.717) is 6.92 Å². The zero-order chi connectivity index (χ0) is 24.3. The number of halogens is 2. The Kier molecular flexibility index (Phi) is 10.6. The SMILES string of the molecule is CC(F)(F)COC(=O)CCC(C)(C#N)N=NC(C)(C#N)CCC(=O)OCCS(=O)(=O)O. The van der Waals surface area contributed by atoms with E-state index in [4.69, 9.17) is 4.55 Å². The topological polar surface area (TPSA) is 179 Å². The van der Waals surface area contributed by atoms with Gasteiger partial charge in [0.2, 0.25) is 0 Å². The Morgan fingerprint density at radius 1 is 0.968 bits per heavy atom. The molecule has 0 spiro atoms. The smallest absolute Gasteiger partial charge is 0.306 e. The average Bonchev–Trinajstić information content (AvgIpc) is 2.66. The molecule has 0 aromatic rings. The minimum absolute atomic E-state index is 0.174. The summed E-state index contributed by atoms with van der Waals surface area (Å²) in [6.45, 7) is 1.58. The Morgan fingerprint density at radius 3 is 1.74 bits per heavy atom. The maximum Gasteiger partial charge on any atom is 0.306 e. The van der Waals surface area contributed by atoms with Crippen LogP contribution >= 0.6 is 0 Å². The fourth-order valence-corrected chi connectivity index (χ4v) is 2.07. The van der Waals surface area contributed by atoms with E-state index in [9.17, 15) is 37.3 Å². The molecule has 0 bridgehead atoms. The Labute approximate surface area is 178 Å². The molecule has 0 rings (SSSR count). The van der Waals surface area contributed by atoms with Gasteiger partial charge in [-0.25, -0.2) is 8.78 Å². The number of hydrogen-bond acceptors (Lipinski definition) is 10. The van der Waals surface area contributed by atoms with E-state index in [0.717, 1.165) is 0 Å². The molecular weight excluding hydrogens is 442 g/mol. The number of carbonyl (C=O) groups is 2. The molecule has 0 heterocycles. The highest BCUT2D eigenvalue weighted by Crippen LogP contribution is 2.24. The normalized spacial score (nSPS) is 15.9. The van der Waals surface area contributed by atoms with Crippen molar-refractivity contribution in [1.82, 2.24) is 0 Å². The lowest BCUT2D eigenvalue weighted by Crippen LogP contribution is -2.26. The molecule has 0 aliphatic rings. The Hall–Kier alpha value is -2.71. The minimum atomic E-state index is -4.28. The highest BCUT2D eigenvalue weighted by molar-refractivity contribution is 7.85. The third-order valence-electron chi connectivity index (χ3n) is 3.70. The maximum atomic E-state index is 12.7. The van der Waals surface area contributed by atoms with Gasteiger partial charge in [0.1, 0.15) is 12.4 Å². The number of esters is 2. The van der Waals surface area contributed by atoms with E-state index in [1.54, 1.807) is 0 Å². The number of nitrogens with zero attached hydrogens (tertiary/aromatic N) is 4. The summed E-state index contributed by atoms with van der Waals surface area (Å²) in [5.41, 5.74) is -3.09. The molecule has 1 N–H and O–H groups in total. The van der Waals surface area contributed by atoms with Crippen LogP contribution in [-0.2, 0) is 29.2 Å². The van der Waals surface area contributed by atoms with Crippen molar-refractivity contribution in [2.45, 2.75) is 63.5 Å². The quantitative estimate of drug-likeness (QED) is 0.242. The first-order valence-corrected chi connectivity index (χ1v) is 10.5. The molecule has 0 aliphatic carbocycles. The molecule has 0 saturated heterocycles. The van der Waals surface area contributed by atoms with E-state index in [1.165, 1.54) is 13.8 Å². The van der Waals surface area contributed by atoms with Crippen molar-refractivity contribution in [2.75, 3.05) is 19.0 Å². The average molecular weight is 466 g/mol.